The van der Waals surface area contributed by atoms with Gasteiger partial charge in [-0.25, -0.2) is 9.97 Å². The van der Waals surface area contributed by atoms with Gasteiger partial charge in [0.2, 0.25) is 0 Å². The van der Waals surface area contributed by atoms with Crippen molar-refractivity contribution in [3.63, 3.8) is 0 Å². The van der Waals surface area contributed by atoms with Crippen LogP contribution in [0, 0.1) is 0 Å². The molecule has 0 bridgehead atoms. The van der Waals surface area contributed by atoms with Gasteiger partial charge in [0.25, 0.3) is 0 Å². The van der Waals surface area contributed by atoms with Crippen molar-refractivity contribution in [3.05, 3.63) is 158 Å². The predicted octanol–water partition coefficient (Wildman–Crippen LogP) is 10.0. The number of benzene rings is 5. The van der Waals surface area contributed by atoms with Crippen LogP contribution in [0.2, 0.25) is 0 Å². The predicted molar refractivity (Wildman–Crippen MR) is 182 cm³/mol. The summed E-state index contributed by atoms with van der Waals surface area (Å²) in [6, 6.07) is 55.2. The minimum absolute atomic E-state index is 0.892. The van der Waals surface area contributed by atoms with Crippen LogP contribution in [-0.2, 0) is 0 Å². The Kier molecular flexibility index (Phi) is 5.47. The van der Waals surface area contributed by atoms with Crippen molar-refractivity contribution in [2.45, 2.75) is 0 Å². The lowest BCUT2D eigenvalue weighted by Crippen LogP contribution is -2.00. The zero-order valence-corrected chi connectivity index (χ0v) is 23.8. The van der Waals surface area contributed by atoms with E-state index < -0.39 is 0 Å². The van der Waals surface area contributed by atoms with Crippen LogP contribution in [0.25, 0.3) is 77.8 Å². The molecular formula is C40H26N4. The number of fused-ring (bicyclic) bond motifs is 6. The minimum atomic E-state index is 0.892. The van der Waals surface area contributed by atoms with Crippen molar-refractivity contribution >= 4 is 43.6 Å². The molecule has 4 aromatic heterocycles. The summed E-state index contributed by atoms with van der Waals surface area (Å²) in [7, 11) is 0. The smallest absolute Gasteiger partial charge is 0.138 e. The molecule has 9 rings (SSSR count). The summed E-state index contributed by atoms with van der Waals surface area (Å²) in [6.45, 7) is 0. The molecule has 0 N–H and O–H groups in total. The first-order chi connectivity index (χ1) is 21.8. The monoisotopic (exact) mass is 562 g/mol. The van der Waals surface area contributed by atoms with Crippen molar-refractivity contribution in [2.24, 2.45) is 0 Å². The van der Waals surface area contributed by atoms with E-state index in [-0.39, 0.29) is 0 Å². The van der Waals surface area contributed by atoms with E-state index in [1.807, 2.05) is 12.1 Å². The Morgan fingerprint density at radius 2 is 0.750 bits per heavy atom. The standard InChI is InChI=1S/C40H26N4/c1-3-13-27(14-4-1)33-19-11-23-39(41-33)43-35-21-9-7-17-29(35)31-25-32-30-18-8-10-22-36(30)44(38(32)26-37(31)43)40-24-12-20-34(42-40)28-15-5-2-6-16-28/h1-26H. The maximum atomic E-state index is 5.18. The van der Waals surface area contributed by atoms with E-state index in [0.717, 1.165) is 56.2 Å². The quantitative estimate of drug-likeness (QED) is 0.214. The van der Waals surface area contributed by atoms with Gasteiger partial charge < -0.3 is 0 Å². The summed E-state index contributed by atoms with van der Waals surface area (Å²) in [5.41, 5.74) is 8.58. The summed E-state index contributed by atoms with van der Waals surface area (Å²) in [5, 5.41) is 4.82. The number of rotatable bonds is 4. The molecule has 4 heteroatoms. The van der Waals surface area contributed by atoms with Gasteiger partial charge >= 0.3 is 0 Å². The fourth-order valence-corrected chi connectivity index (χ4v) is 6.56. The van der Waals surface area contributed by atoms with Crippen LogP contribution < -0.4 is 0 Å². The van der Waals surface area contributed by atoms with Gasteiger partial charge in [-0.3, -0.25) is 9.13 Å². The molecule has 0 atom stereocenters. The van der Waals surface area contributed by atoms with Crippen LogP contribution in [0.3, 0.4) is 0 Å². The van der Waals surface area contributed by atoms with Crippen molar-refractivity contribution in [1.82, 2.24) is 19.1 Å². The zero-order chi connectivity index (χ0) is 29.0. The highest BCUT2D eigenvalue weighted by Gasteiger charge is 2.19. The second-order valence-electron chi connectivity index (χ2n) is 11.1. The van der Waals surface area contributed by atoms with Gasteiger partial charge in [0.05, 0.1) is 33.5 Å². The molecule has 0 fully saturated rings. The normalized spacial score (nSPS) is 11.6. The van der Waals surface area contributed by atoms with Crippen molar-refractivity contribution < 1.29 is 0 Å². The molecule has 0 saturated heterocycles. The largest absolute Gasteiger partial charge is 0.294 e. The van der Waals surface area contributed by atoms with E-state index in [1.165, 1.54) is 21.5 Å². The van der Waals surface area contributed by atoms with Crippen LogP contribution in [0.15, 0.2) is 158 Å². The molecule has 0 spiro atoms. The molecule has 0 aliphatic carbocycles. The number of aromatic nitrogens is 4. The van der Waals surface area contributed by atoms with E-state index >= 15 is 0 Å². The summed E-state index contributed by atoms with van der Waals surface area (Å²) < 4.78 is 4.60. The minimum Gasteiger partial charge on any atom is -0.294 e. The Labute approximate surface area is 254 Å². The molecule has 9 aromatic rings. The van der Waals surface area contributed by atoms with Gasteiger partial charge in [0, 0.05) is 32.7 Å². The van der Waals surface area contributed by atoms with Gasteiger partial charge in [-0.05, 0) is 48.5 Å². The SMILES string of the molecule is c1ccc(-c2cccc(-n3c4ccccc4c4cc5c6ccccc6n(-c6cccc(-c7ccccc7)n6)c5cc43)n2)cc1. The van der Waals surface area contributed by atoms with Crippen LogP contribution in [0.5, 0.6) is 0 Å². The van der Waals surface area contributed by atoms with Gasteiger partial charge in [0.1, 0.15) is 11.6 Å². The molecule has 206 valence electrons. The highest BCUT2D eigenvalue weighted by molar-refractivity contribution is 6.19. The third-order valence-corrected chi connectivity index (χ3v) is 8.53. The van der Waals surface area contributed by atoms with Crippen molar-refractivity contribution in [1.29, 1.82) is 0 Å². The van der Waals surface area contributed by atoms with Crippen molar-refractivity contribution in [3.8, 4) is 34.2 Å². The Balaban J connectivity index is 1.35. The lowest BCUT2D eigenvalue weighted by atomic mass is 10.1. The molecule has 0 amide bonds. The molecule has 0 unspecified atom stereocenters. The molecule has 0 aliphatic rings. The Bertz CT molecular complexity index is 2320. The van der Waals surface area contributed by atoms with Crippen LogP contribution in [0.1, 0.15) is 0 Å². The van der Waals surface area contributed by atoms with Gasteiger partial charge in [-0.2, -0.15) is 0 Å². The average molecular weight is 563 g/mol. The third kappa shape index (κ3) is 3.78. The molecule has 5 aromatic carbocycles. The fourth-order valence-electron chi connectivity index (χ4n) is 6.56. The number of pyridine rings is 2. The van der Waals surface area contributed by atoms with Crippen LogP contribution >= 0.6 is 0 Å². The number of para-hydroxylation sites is 2. The first kappa shape index (κ1) is 24.6. The average Bonchev–Trinajstić information content (AvgIpc) is 3.60. The molecule has 0 saturated carbocycles. The Morgan fingerprint density at radius 1 is 0.318 bits per heavy atom. The first-order valence-electron chi connectivity index (χ1n) is 14.9. The molecule has 4 heterocycles. The van der Waals surface area contributed by atoms with Gasteiger partial charge in [0.15, 0.2) is 0 Å². The zero-order valence-electron chi connectivity index (χ0n) is 23.8. The Morgan fingerprint density at radius 3 is 1.23 bits per heavy atom. The molecule has 0 aliphatic heterocycles. The van der Waals surface area contributed by atoms with Gasteiger partial charge in [-0.15, -0.1) is 0 Å². The first-order valence-corrected chi connectivity index (χ1v) is 14.9. The maximum Gasteiger partial charge on any atom is 0.138 e. The maximum absolute atomic E-state index is 5.18. The van der Waals surface area contributed by atoms with Gasteiger partial charge in [-0.1, -0.05) is 109 Å². The van der Waals surface area contributed by atoms with E-state index in [1.54, 1.807) is 0 Å². The number of nitrogens with zero attached hydrogens (tertiary/aromatic N) is 4. The van der Waals surface area contributed by atoms with Crippen molar-refractivity contribution in [2.75, 3.05) is 0 Å². The lowest BCUT2D eigenvalue weighted by Gasteiger charge is -2.11. The highest BCUT2D eigenvalue weighted by atomic mass is 15.1. The fraction of sp³-hybridized carbons (Fsp3) is 0. The van der Waals surface area contributed by atoms with E-state index in [4.69, 9.17) is 9.97 Å². The van der Waals surface area contributed by atoms with E-state index in [9.17, 15) is 0 Å². The summed E-state index contributed by atoms with van der Waals surface area (Å²) >= 11 is 0. The summed E-state index contributed by atoms with van der Waals surface area (Å²) in [4.78, 5) is 10.4. The van der Waals surface area contributed by atoms with E-state index in [0.29, 0.717) is 0 Å². The molecule has 4 nitrogen and oxygen atoms in total. The topological polar surface area (TPSA) is 35.6 Å². The molecular weight excluding hydrogens is 536 g/mol. The van der Waals surface area contributed by atoms with E-state index in [2.05, 4.69) is 155 Å². The number of hydrogen-bond donors (Lipinski definition) is 0. The molecule has 44 heavy (non-hydrogen) atoms. The second-order valence-corrected chi connectivity index (χ2v) is 11.1. The second kappa shape index (κ2) is 9.79. The van der Waals surface area contributed by atoms with Crippen LogP contribution in [0.4, 0.5) is 0 Å². The molecule has 0 radical (unpaired) electrons. The summed E-state index contributed by atoms with van der Waals surface area (Å²) in [5.74, 6) is 1.78. The third-order valence-electron chi connectivity index (χ3n) is 8.53. The highest BCUT2D eigenvalue weighted by Crippen LogP contribution is 2.39. The lowest BCUT2D eigenvalue weighted by molar-refractivity contribution is 1.07. The summed E-state index contributed by atoms with van der Waals surface area (Å²) in [6.07, 6.45) is 0. The van der Waals surface area contributed by atoms with Crippen LogP contribution in [-0.4, -0.2) is 19.1 Å². The Hall–Kier alpha value is -6.00. The number of hydrogen-bond acceptors (Lipinski definition) is 2.